The van der Waals surface area contributed by atoms with Crippen LogP contribution in [0.3, 0.4) is 0 Å². The van der Waals surface area contributed by atoms with E-state index in [0.717, 1.165) is 28.6 Å². The number of hydrogen-bond acceptors (Lipinski definition) is 4. The maximum Gasteiger partial charge on any atom is 0.195 e. The zero-order chi connectivity index (χ0) is 14.2. The Labute approximate surface area is 127 Å². The van der Waals surface area contributed by atoms with E-state index in [0.29, 0.717) is 19.8 Å². The molecule has 1 atom stereocenters. The summed E-state index contributed by atoms with van der Waals surface area (Å²) >= 11 is 3.60. The average molecular weight is 343 g/mol. The molecule has 4 nitrogen and oxygen atoms in total. The van der Waals surface area contributed by atoms with E-state index >= 15 is 0 Å². The van der Waals surface area contributed by atoms with Gasteiger partial charge in [0.15, 0.2) is 5.79 Å². The number of ether oxygens (including phenoxy) is 4. The molecule has 2 heterocycles. The van der Waals surface area contributed by atoms with Crippen LogP contribution in [-0.2, 0) is 26.4 Å². The summed E-state index contributed by atoms with van der Waals surface area (Å²) in [6.07, 6.45) is 1.83. The molecule has 0 spiro atoms. The largest absolute Gasteiger partial charge is 0.487 e. The van der Waals surface area contributed by atoms with Crippen LogP contribution in [0.15, 0.2) is 16.6 Å². The smallest absolute Gasteiger partial charge is 0.195 e. The van der Waals surface area contributed by atoms with Crippen LogP contribution in [0.5, 0.6) is 5.75 Å². The van der Waals surface area contributed by atoms with Gasteiger partial charge in [0, 0.05) is 23.6 Å². The highest BCUT2D eigenvalue weighted by Crippen LogP contribution is 2.44. The van der Waals surface area contributed by atoms with Gasteiger partial charge in [-0.25, -0.2) is 0 Å². The zero-order valence-corrected chi connectivity index (χ0v) is 13.4. The van der Waals surface area contributed by atoms with Crippen molar-refractivity contribution < 1.29 is 18.9 Å². The summed E-state index contributed by atoms with van der Waals surface area (Å²) in [5.41, 5.74) is 2.14. The van der Waals surface area contributed by atoms with Crippen molar-refractivity contribution in [1.82, 2.24) is 0 Å². The highest BCUT2D eigenvalue weighted by Gasteiger charge is 2.38. The van der Waals surface area contributed by atoms with Gasteiger partial charge in [-0.05, 0) is 25.5 Å². The second-order valence-electron chi connectivity index (χ2n) is 5.30. The van der Waals surface area contributed by atoms with Gasteiger partial charge in [-0.2, -0.15) is 0 Å². The second kappa shape index (κ2) is 5.64. The van der Waals surface area contributed by atoms with E-state index in [-0.39, 0.29) is 6.10 Å². The van der Waals surface area contributed by atoms with E-state index in [1.54, 1.807) is 7.11 Å². The molecule has 5 heteroatoms. The Bertz CT molecular complexity index is 497. The maximum atomic E-state index is 6.06. The lowest BCUT2D eigenvalue weighted by molar-refractivity contribution is -0.265. The van der Waals surface area contributed by atoms with Gasteiger partial charge in [0.05, 0.1) is 25.4 Å². The molecule has 0 radical (unpaired) electrons. The Hall–Kier alpha value is -0.620. The second-order valence-corrected chi connectivity index (χ2v) is 6.15. The Morgan fingerprint density at radius 2 is 2.10 bits per heavy atom. The molecular weight excluding hydrogens is 324 g/mol. The molecular formula is C15H19BrO4. The SMILES string of the molecule is COCC1Cc2c(Br)ccc(C3(C)OCCCO3)c2O1. The normalized spacial score (nSPS) is 24.2. The van der Waals surface area contributed by atoms with E-state index in [9.17, 15) is 0 Å². The Kier molecular flexibility index (Phi) is 4.04. The summed E-state index contributed by atoms with van der Waals surface area (Å²) in [6.45, 7) is 3.97. The van der Waals surface area contributed by atoms with Crippen molar-refractivity contribution in [1.29, 1.82) is 0 Å². The monoisotopic (exact) mass is 342 g/mol. The third-order valence-corrected chi connectivity index (χ3v) is 4.55. The van der Waals surface area contributed by atoms with Crippen LogP contribution < -0.4 is 4.74 Å². The third-order valence-electron chi connectivity index (χ3n) is 3.81. The molecule has 0 aliphatic carbocycles. The molecule has 1 aromatic rings. The lowest BCUT2D eigenvalue weighted by Crippen LogP contribution is -2.35. The summed E-state index contributed by atoms with van der Waals surface area (Å²) in [5, 5.41) is 0. The van der Waals surface area contributed by atoms with Gasteiger partial charge < -0.3 is 18.9 Å². The molecule has 0 aromatic heterocycles. The first-order valence-electron chi connectivity index (χ1n) is 6.89. The predicted octanol–water partition coefficient (Wildman–Crippen LogP) is 3.01. The first-order valence-corrected chi connectivity index (χ1v) is 7.69. The zero-order valence-electron chi connectivity index (χ0n) is 11.8. The molecule has 1 fully saturated rings. The van der Waals surface area contributed by atoms with Crippen LogP contribution in [0.25, 0.3) is 0 Å². The molecule has 0 amide bonds. The topological polar surface area (TPSA) is 36.9 Å². The van der Waals surface area contributed by atoms with Crippen LogP contribution in [0.2, 0.25) is 0 Å². The molecule has 0 N–H and O–H groups in total. The first kappa shape index (κ1) is 14.3. The highest BCUT2D eigenvalue weighted by molar-refractivity contribution is 9.10. The van der Waals surface area contributed by atoms with Crippen molar-refractivity contribution in [3.63, 3.8) is 0 Å². The van der Waals surface area contributed by atoms with E-state index in [1.165, 1.54) is 5.56 Å². The minimum absolute atomic E-state index is 0.0552. The van der Waals surface area contributed by atoms with Gasteiger partial charge in [-0.15, -0.1) is 0 Å². The van der Waals surface area contributed by atoms with E-state index in [1.807, 2.05) is 19.1 Å². The number of halogens is 1. The Morgan fingerprint density at radius 3 is 2.80 bits per heavy atom. The lowest BCUT2D eigenvalue weighted by atomic mass is 10.0. The molecule has 2 aliphatic rings. The van der Waals surface area contributed by atoms with Crippen LogP contribution in [0.4, 0.5) is 0 Å². The van der Waals surface area contributed by atoms with Crippen LogP contribution >= 0.6 is 15.9 Å². The van der Waals surface area contributed by atoms with Crippen molar-refractivity contribution in [2.45, 2.75) is 31.7 Å². The number of rotatable bonds is 3. The van der Waals surface area contributed by atoms with Crippen molar-refractivity contribution in [2.75, 3.05) is 26.9 Å². The number of methoxy groups -OCH3 is 1. The highest BCUT2D eigenvalue weighted by atomic mass is 79.9. The van der Waals surface area contributed by atoms with Gasteiger partial charge in [0.1, 0.15) is 11.9 Å². The fourth-order valence-electron chi connectivity index (χ4n) is 2.79. The summed E-state index contributed by atoms with van der Waals surface area (Å²) in [6, 6.07) is 4.06. The van der Waals surface area contributed by atoms with Gasteiger partial charge in [0.2, 0.25) is 0 Å². The molecule has 0 saturated carbocycles. The Balaban J connectivity index is 1.96. The molecule has 3 rings (SSSR count). The molecule has 1 aromatic carbocycles. The van der Waals surface area contributed by atoms with Gasteiger partial charge in [-0.3, -0.25) is 0 Å². The minimum atomic E-state index is -0.717. The van der Waals surface area contributed by atoms with Gasteiger partial charge in [0.25, 0.3) is 0 Å². The van der Waals surface area contributed by atoms with Crippen molar-refractivity contribution >= 4 is 15.9 Å². The molecule has 1 unspecified atom stereocenters. The van der Waals surface area contributed by atoms with E-state index in [2.05, 4.69) is 15.9 Å². The molecule has 20 heavy (non-hydrogen) atoms. The summed E-state index contributed by atoms with van der Waals surface area (Å²) in [4.78, 5) is 0. The van der Waals surface area contributed by atoms with Crippen LogP contribution in [0, 0.1) is 0 Å². The number of fused-ring (bicyclic) bond motifs is 1. The third kappa shape index (κ3) is 2.48. The molecule has 0 bridgehead atoms. The molecule has 1 saturated heterocycles. The van der Waals surface area contributed by atoms with Gasteiger partial charge in [-0.1, -0.05) is 15.9 Å². The predicted molar refractivity (Wildman–Crippen MR) is 78.0 cm³/mol. The van der Waals surface area contributed by atoms with E-state index in [4.69, 9.17) is 18.9 Å². The fourth-order valence-corrected chi connectivity index (χ4v) is 3.27. The van der Waals surface area contributed by atoms with E-state index < -0.39 is 5.79 Å². The van der Waals surface area contributed by atoms with Gasteiger partial charge >= 0.3 is 0 Å². The summed E-state index contributed by atoms with van der Waals surface area (Å²) in [7, 11) is 1.69. The first-order chi connectivity index (χ1) is 9.64. The van der Waals surface area contributed by atoms with Crippen molar-refractivity contribution in [3.8, 4) is 5.75 Å². The average Bonchev–Trinajstić information content (AvgIpc) is 2.84. The number of hydrogen-bond donors (Lipinski definition) is 0. The minimum Gasteiger partial charge on any atom is -0.487 e. The van der Waals surface area contributed by atoms with Crippen LogP contribution in [-0.4, -0.2) is 33.0 Å². The summed E-state index contributed by atoms with van der Waals surface area (Å²) < 4.78 is 24.1. The number of benzene rings is 1. The lowest BCUT2D eigenvalue weighted by Gasteiger charge is -2.35. The Morgan fingerprint density at radius 1 is 1.35 bits per heavy atom. The fraction of sp³-hybridized carbons (Fsp3) is 0.600. The quantitative estimate of drug-likeness (QED) is 0.846. The standard InChI is InChI=1S/C15H19BrO4/c1-15(18-6-3-7-19-15)12-4-5-13(16)11-8-10(9-17-2)20-14(11)12/h4-5,10H,3,6-9H2,1-2H3. The maximum absolute atomic E-state index is 6.06. The molecule has 110 valence electrons. The summed E-state index contributed by atoms with van der Waals surface area (Å²) in [5.74, 6) is 0.163. The van der Waals surface area contributed by atoms with Crippen molar-refractivity contribution in [2.24, 2.45) is 0 Å². The molecule has 2 aliphatic heterocycles. The van der Waals surface area contributed by atoms with Crippen LogP contribution in [0.1, 0.15) is 24.5 Å². The van der Waals surface area contributed by atoms with Crippen molar-refractivity contribution in [3.05, 3.63) is 27.7 Å².